The molecule has 1 heterocycles. The normalized spacial score (nSPS) is 26.3. The minimum absolute atomic E-state index is 0.339. The Morgan fingerprint density at radius 3 is 2.95 bits per heavy atom. The van der Waals surface area contributed by atoms with Gasteiger partial charge in [0.05, 0.1) is 18.8 Å². The van der Waals surface area contributed by atoms with Crippen LogP contribution in [0.1, 0.15) is 52.4 Å². The van der Waals surface area contributed by atoms with E-state index in [9.17, 15) is 0 Å². The Labute approximate surface area is 124 Å². The molecule has 3 nitrogen and oxygen atoms in total. The van der Waals surface area contributed by atoms with Crippen molar-refractivity contribution in [1.82, 2.24) is 10.2 Å². The van der Waals surface area contributed by atoms with Gasteiger partial charge in [0.15, 0.2) is 0 Å². The Balaban J connectivity index is 1.99. The van der Waals surface area contributed by atoms with Gasteiger partial charge in [-0.3, -0.25) is 4.90 Å². The summed E-state index contributed by atoms with van der Waals surface area (Å²) in [5.74, 6) is 0. The average Bonchev–Trinajstić information content (AvgIpc) is 2.50. The second kappa shape index (κ2) is 8.81. The summed E-state index contributed by atoms with van der Waals surface area (Å²) in [5, 5.41) is 3.75. The SMILES string of the molecule is CCCNC(C1=CCCCC1)C1CN(CCC)CCO1. The van der Waals surface area contributed by atoms with E-state index >= 15 is 0 Å². The van der Waals surface area contributed by atoms with Crippen LogP contribution in [0.5, 0.6) is 0 Å². The van der Waals surface area contributed by atoms with E-state index in [4.69, 9.17) is 4.74 Å². The lowest BCUT2D eigenvalue weighted by molar-refractivity contribution is -0.0409. The second-order valence-corrected chi connectivity index (χ2v) is 6.17. The molecule has 0 bridgehead atoms. The van der Waals surface area contributed by atoms with Gasteiger partial charge in [-0.05, 0) is 51.6 Å². The van der Waals surface area contributed by atoms with E-state index in [0.29, 0.717) is 12.1 Å². The first-order valence-corrected chi connectivity index (χ1v) is 8.61. The van der Waals surface area contributed by atoms with Crippen LogP contribution in [0.15, 0.2) is 11.6 Å². The molecule has 1 aliphatic heterocycles. The lowest BCUT2D eigenvalue weighted by Crippen LogP contribution is -2.53. The van der Waals surface area contributed by atoms with E-state index < -0.39 is 0 Å². The lowest BCUT2D eigenvalue weighted by atomic mass is 9.90. The van der Waals surface area contributed by atoms with E-state index in [1.165, 1.54) is 45.1 Å². The Bertz CT molecular complexity index is 301. The van der Waals surface area contributed by atoms with Gasteiger partial charge in [0.1, 0.15) is 0 Å². The van der Waals surface area contributed by atoms with Gasteiger partial charge in [-0.25, -0.2) is 0 Å². The third-order valence-corrected chi connectivity index (χ3v) is 4.43. The van der Waals surface area contributed by atoms with Crippen LogP contribution in [0.2, 0.25) is 0 Å². The summed E-state index contributed by atoms with van der Waals surface area (Å²) in [6.07, 6.45) is 10.5. The maximum absolute atomic E-state index is 6.12. The molecule has 2 aliphatic rings. The van der Waals surface area contributed by atoms with Crippen molar-refractivity contribution in [2.75, 3.05) is 32.8 Å². The zero-order valence-corrected chi connectivity index (χ0v) is 13.4. The highest BCUT2D eigenvalue weighted by atomic mass is 16.5. The summed E-state index contributed by atoms with van der Waals surface area (Å²) in [5.41, 5.74) is 1.60. The summed E-state index contributed by atoms with van der Waals surface area (Å²) in [7, 11) is 0. The highest BCUT2D eigenvalue weighted by molar-refractivity contribution is 5.16. The van der Waals surface area contributed by atoms with Gasteiger partial charge in [-0.1, -0.05) is 25.5 Å². The number of morpholine rings is 1. The molecule has 0 aromatic rings. The smallest absolute Gasteiger partial charge is 0.0893 e. The molecule has 1 aliphatic carbocycles. The van der Waals surface area contributed by atoms with Crippen LogP contribution in [-0.4, -0.2) is 49.8 Å². The first kappa shape index (κ1) is 16.0. The van der Waals surface area contributed by atoms with Crippen molar-refractivity contribution in [3.63, 3.8) is 0 Å². The first-order chi connectivity index (χ1) is 9.85. The molecular formula is C17H32N2O. The number of hydrogen-bond donors (Lipinski definition) is 1. The van der Waals surface area contributed by atoms with Crippen molar-refractivity contribution in [2.24, 2.45) is 0 Å². The van der Waals surface area contributed by atoms with Gasteiger partial charge >= 0.3 is 0 Å². The summed E-state index contributed by atoms with van der Waals surface area (Å²) in [6, 6.07) is 0.440. The predicted molar refractivity (Wildman–Crippen MR) is 85.1 cm³/mol. The third-order valence-electron chi connectivity index (χ3n) is 4.43. The van der Waals surface area contributed by atoms with Crippen LogP contribution in [0, 0.1) is 0 Å². The molecule has 2 unspecified atom stereocenters. The Morgan fingerprint density at radius 1 is 1.35 bits per heavy atom. The zero-order chi connectivity index (χ0) is 14.2. The molecule has 0 saturated carbocycles. The lowest BCUT2D eigenvalue weighted by Gasteiger charge is -2.39. The van der Waals surface area contributed by atoms with Crippen molar-refractivity contribution in [1.29, 1.82) is 0 Å². The maximum atomic E-state index is 6.12. The number of allylic oxidation sites excluding steroid dienone is 1. The van der Waals surface area contributed by atoms with Crippen LogP contribution >= 0.6 is 0 Å². The fourth-order valence-corrected chi connectivity index (χ4v) is 3.40. The predicted octanol–water partition coefficient (Wildman–Crippen LogP) is 2.97. The third kappa shape index (κ3) is 4.57. The van der Waals surface area contributed by atoms with Crippen molar-refractivity contribution in [3.05, 3.63) is 11.6 Å². The molecule has 0 aromatic heterocycles. The number of hydrogen-bond acceptors (Lipinski definition) is 3. The van der Waals surface area contributed by atoms with Crippen LogP contribution in [-0.2, 0) is 4.74 Å². The quantitative estimate of drug-likeness (QED) is 0.726. The monoisotopic (exact) mass is 280 g/mol. The molecule has 1 N–H and O–H groups in total. The number of nitrogens with one attached hydrogen (secondary N) is 1. The van der Waals surface area contributed by atoms with E-state index in [-0.39, 0.29) is 0 Å². The molecule has 0 aromatic carbocycles. The maximum Gasteiger partial charge on any atom is 0.0893 e. The molecule has 0 amide bonds. The van der Waals surface area contributed by atoms with Gasteiger partial charge in [0.25, 0.3) is 0 Å². The molecule has 20 heavy (non-hydrogen) atoms. The second-order valence-electron chi connectivity index (χ2n) is 6.17. The van der Waals surface area contributed by atoms with Gasteiger partial charge in [-0.2, -0.15) is 0 Å². The van der Waals surface area contributed by atoms with Gasteiger partial charge in [0, 0.05) is 13.1 Å². The Kier molecular flexibility index (Phi) is 7.05. The number of nitrogens with zero attached hydrogens (tertiary/aromatic N) is 1. The van der Waals surface area contributed by atoms with Crippen LogP contribution in [0.3, 0.4) is 0 Å². The first-order valence-electron chi connectivity index (χ1n) is 8.61. The fourth-order valence-electron chi connectivity index (χ4n) is 3.40. The van der Waals surface area contributed by atoms with E-state index in [2.05, 4.69) is 30.1 Å². The minimum Gasteiger partial charge on any atom is -0.374 e. The molecule has 2 rings (SSSR count). The standard InChI is InChI=1S/C17H32N2O/c1-3-10-18-17(15-8-6-5-7-9-15)16-14-19(11-4-2)12-13-20-16/h8,16-18H,3-7,9-14H2,1-2H3. The van der Waals surface area contributed by atoms with Crippen LogP contribution in [0.4, 0.5) is 0 Å². The molecule has 1 fully saturated rings. The van der Waals surface area contributed by atoms with Crippen LogP contribution < -0.4 is 5.32 Å². The molecule has 1 saturated heterocycles. The molecule has 0 spiro atoms. The fraction of sp³-hybridized carbons (Fsp3) is 0.882. The van der Waals surface area contributed by atoms with Gasteiger partial charge in [0.2, 0.25) is 0 Å². The minimum atomic E-state index is 0.339. The van der Waals surface area contributed by atoms with Gasteiger partial charge in [-0.15, -0.1) is 0 Å². The van der Waals surface area contributed by atoms with Crippen molar-refractivity contribution < 1.29 is 4.74 Å². The van der Waals surface area contributed by atoms with E-state index in [1.54, 1.807) is 5.57 Å². The summed E-state index contributed by atoms with van der Waals surface area (Å²) >= 11 is 0. The van der Waals surface area contributed by atoms with Crippen molar-refractivity contribution in [3.8, 4) is 0 Å². The van der Waals surface area contributed by atoms with Crippen LogP contribution in [0.25, 0.3) is 0 Å². The Hall–Kier alpha value is -0.380. The number of ether oxygens (including phenoxy) is 1. The summed E-state index contributed by atoms with van der Waals surface area (Å²) < 4.78 is 6.12. The average molecular weight is 280 g/mol. The molecule has 3 heteroatoms. The summed E-state index contributed by atoms with van der Waals surface area (Å²) in [4.78, 5) is 2.57. The topological polar surface area (TPSA) is 24.5 Å². The molecule has 116 valence electrons. The largest absolute Gasteiger partial charge is 0.374 e. The highest BCUT2D eigenvalue weighted by Crippen LogP contribution is 2.24. The van der Waals surface area contributed by atoms with E-state index in [0.717, 1.165) is 26.2 Å². The zero-order valence-electron chi connectivity index (χ0n) is 13.4. The summed E-state index contributed by atoms with van der Waals surface area (Å²) in [6.45, 7) is 9.89. The molecular weight excluding hydrogens is 248 g/mol. The Morgan fingerprint density at radius 2 is 2.25 bits per heavy atom. The highest BCUT2D eigenvalue weighted by Gasteiger charge is 2.30. The van der Waals surface area contributed by atoms with E-state index in [1.807, 2.05) is 0 Å². The van der Waals surface area contributed by atoms with Crippen molar-refractivity contribution >= 4 is 0 Å². The van der Waals surface area contributed by atoms with Gasteiger partial charge < -0.3 is 10.1 Å². The molecule has 2 atom stereocenters. The molecule has 0 radical (unpaired) electrons. The van der Waals surface area contributed by atoms with Crippen molar-refractivity contribution in [2.45, 2.75) is 64.5 Å². The number of rotatable bonds is 7.